The summed E-state index contributed by atoms with van der Waals surface area (Å²) in [4.78, 5) is 24.3. The maximum Gasteiger partial charge on any atom is 0.422 e. The second-order valence-corrected chi connectivity index (χ2v) is 5.83. The van der Waals surface area contributed by atoms with E-state index in [0.717, 1.165) is 0 Å². The Balaban J connectivity index is 1.63. The number of carbonyl (C=O) groups excluding carboxylic acids is 1. The first-order chi connectivity index (χ1) is 13.9. The van der Waals surface area contributed by atoms with Gasteiger partial charge in [-0.15, -0.1) is 0 Å². The molecule has 150 valence electrons. The topological polar surface area (TPSA) is 89.0 Å². The normalized spacial score (nSPS) is 11.0. The molecule has 3 rings (SSSR count). The predicted octanol–water partition coefficient (Wildman–Crippen LogP) is 3.49. The van der Waals surface area contributed by atoms with Crippen molar-refractivity contribution in [3.8, 4) is 5.88 Å². The molecule has 1 aromatic carbocycles. The van der Waals surface area contributed by atoms with E-state index < -0.39 is 18.7 Å². The van der Waals surface area contributed by atoms with Gasteiger partial charge in [-0.25, -0.2) is 15.0 Å². The summed E-state index contributed by atoms with van der Waals surface area (Å²) in [5.74, 6) is -0.207. The van der Waals surface area contributed by atoms with E-state index in [9.17, 15) is 18.0 Å². The Bertz CT molecular complexity index is 967. The smallest absolute Gasteiger partial charge is 0.422 e. The Morgan fingerprint density at radius 1 is 1.00 bits per heavy atom. The average molecular weight is 403 g/mol. The molecule has 0 atom stereocenters. The van der Waals surface area contributed by atoms with Gasteiger partial charge in [-0.2, -0.15) is 13.2 Å². The van der Waals surface area contributed by atoms with Crippen molar-refractivity contribution in [3.05, 3.63) is 72.2 Å². The van der Waals surface area contributed by atoms with Crippen LogP contribution >= 0.6 is 0 Å². The fraction of sp³-hybridized carbons (Fsp3) is 0.158. The largest absolute Gasteiger partial charge is 0.468 e. The number of benzene rings is 1. The first-order valence-electron chi connectivity index (χ1n) is 8.46. The van der Waals surface area contributed by atoms with E-state index in [0.29, 0.717) is 22.8 Å². The lowest BCUT2D eigenvalue weighted by Gasteiger charge is -2.12. The Morgan fingerprint density at radius 3 is 2.52 bits per heavy atom. The molecule has 0 aliphatic heterocycles. The van der Waals surface area contributed by atoms with Crippen molar-refractivity contribution in [1.82, 2.24) is 20.3 Å². The average Bonchev–Trinajstić information content (AvgIpc) is 2.71. The lowest BCUT2D eigenvalue weighted by Crippen LogP contribution is -2.24. The van der Waals surface area contributed by atoms with Crippen molar-refractivity contribution in [1.29, 1.82) is 0 Å². The van der Waals surface area contributed by atoms with Crippen molar-refractivity contribution in [2.75, 3.05) is 11.9 Å². The van der Waals surface area contributed by atoms with E-state index in [-0.39, 0.29) is 12.4 Å². The van der Waals surface area contributed by atoms with Gasteiger partial charge in [0.15, 0.2) is 6.61 Å². The Morgan fingerprint density at radius 2 is 1.76 bits per heavy atom. The number of nitrogens with zero attached hydrogens (tertiary/aromatic N) is 3. The number of halogens is 3. The van der Waals surface area contributed by atoms with Gasteiger partial charge in [0.05, 0.1) is 0 Å². The van der Waals surface area contributed by atoms with Crippen molar-refractivity contribution in [2.24, 2.45) is 0 Å². The van der Waals surface area contributed by atoms with Crippen molar-refractivity contribution < 1.29 is 22.7 Å². The first-order valence-corrected chi connectivity index (χ1v) is 8.46. The number of hydrogen-bond acceptors (Lipinski definition) is 6. The Hall–Kier alpha value is -3.69. The number of hydrogen-bond donors (Lipinski definition) is 2. The van der Waals surface area contributed by atoms with Crippen LogP contribution in [0.2, 0.25) is 0 Å². The van der Waals surface area contributed by atoms with Gasteiger partial charge in [0.25, 0.3) is 5.91 Å². The molecule has 0 saturated carbocycles. The number of alkyl halides is 3. The number of nitrogens with one attached hydrogen (secondary N) is 2. The summed E-state index contributed by atoms with van der Waals surface area (Å²) in [6.07, 6.45) is 0.00222. The summed E-state index contributed by atoms with van der Waals surface area (Å²) >= 11 is 0. The van der Waals surface area contributed by atoms with Crippen LogP contribution in [0.5, 0.6) is 5.88 Å². The number of amides is 1. The first kappa shape index (κ1) is 20.1. The van der Waals surface area contributed by atoms with E-state index in [1.807, 2.05) is 0 Å². The predicted molar refractivity (Wildman–Crippen MR) is 98.7 cm³/mol. The number of ether oxygens (including phenoxy) is 1. The molecule has 7 nitrogen and oxygen atoms in total. The van der Waals surface area contributed by atoms with Crippen LogP contribution in [0.25, 0.3) is 0 Å². The van der Waals surface area contributed by atoms with E-state index in [1.165, 1.54) is 12.3 Å². The van der Waals surface area contributed by atoms with E-state index >= 15 is 0 Å². The van der Waals surface area contributed by atoms with Gasteiger partial charge < -0.3 is 15.4 Å². The minimum atomic E-state index is -4.48. The molecule has 0 spiro atoms. The minimum Gasteiger partial charge on any atom is -0.468 e. The van der Waals surface area contributed by atoms with Crippen molar-refractivity contribution >= 4 is 17.5 Å². The maximum absolute atomic E-state index is 12.4. The van der Waals surface area contributed by atoms with Gasteiger partial charge in [-0.3, -0.25) is 4.79 Å². The lowest BCUT2D eigenvalue weighted by molar-refractivity contribution is -0.154. The highest BCUT2D eigenvalue weighted by atomic mass is 19.4. The molecule has 0 bridgehead atoms. The van der Waals surface area contributed by atoms with Crippen LogP contribution in [-0.4, -0.2) is 33.6 Å². The molecule has 2 aromatic heterocycles. The van der Waals surface area contributed by atoms with E-state index in [1.54, 1.807) is 48.8 Å². The fourth-order valence-electron chi connectivity index (χ4n) is 2.35. The Kier molecular flexibility index (Phi) is 6.22. The van der Waals surface area contributed by atoms with Crippen LogP contribution in [0.15, 0.2) is 61.1 Å². The zero-order chi connectivity index (χ0) is 20.7. The van der Waals surface area contributed by atoms with Crippen LogP contribution in [0.4, 0.5) is 24.8 Å². The molecule has 10 heteroatoms. The third-order valence-electron chi connectivity index (χ3n) is 3.61. The number of pyridine rings is 1. The van der Waals surface area contributed by atoms with Crippen molar-refractivity contribution in [3.63, 3.8) is 0 Å². The summed E-state index contributed by atoms with van der Waals surface area (Å²) in [6.45, 7) is -1.50. The third kappa shape index (κ3) is 6.16. The van der Waals surface area contributed by atoms with Crippen LogP contribution in [0.1, 0.15) is 15.9 Å². The SMILES string of the molecule is O=C(NCc1cccnc1OCC(F)(F)F)c1cccc(Nc2ncccn2)c1. The zero-order valence-electron chi connectivity index (χ0n) is 15.0. The molecule has 2 heterocycles. The van der Waals surface area contributed by atoms with Crippen LogP contribution in [0, 0.1) is 0 Å². The fourth-order valence-corrected chi connectivity index (χ4v) is 2.35. The Labute approximate surface area is 164 Å². The second kappa shape index (κ2) is 9.00. The van der Waals surface area contributed by atoms with E-state index in [2.05, 4.69) is 25.6 Å². The second-order valence-electron chi connectivity index (χ2n) is 5.83. The molecule has 2 N–H and O–H groups in total. The number of aromatic nitrogens is 3. The third-order valence-corrected chi connectivity index (χ3v) is 3.61. The quantitative estimate of drug-likeness (QED) is 0.628. The molecular formula is C19H16F3N5O2. The van der Waals surface area contributed by atoms with Gasteiger partial charge in [0, 0.05) is 41.9 Å². The minimum absolute atomic E-state index is 0.0423. The highest BCUT2D eigenvalue weighted by molar-refractivity contribution is 5.95. The van der Waals surface area contributed by atoms with Crippen LogP contribution in [-0.2, 0) is 6.54 Å². The van der Waals surface area contributed by atoms with Crippen LogP contribution < -0.4 is 15.4 Å². The number of anilines is 2. The highest BCUT2D eigenvalue weighted by Crippen LogP contribution is 2.20. The van der Waals surface area contributed by atoms with Crippen molar-refractivity contribution in [2.45, 2.75) is 12.7 Å². The van der Waals surface area contributed by atoms with E-state index in [4.69, 9.17) is 4.74 Å². The van der Waals surface area contributed by atoms with Gasteiger partial charge in [-0.05, 0) is 30.3 Å². The van der Waals surface area contributed by atoms with Gasteiger partial charge in [0.1, 0.15) is 0 Å². The molecule has 0 fully saturated rings. The molecule has 0 radical (unpaired) electrons. The molecule has 0 unspecified atom stereocenters. The van der Waals surface area contributed by atoms with Gasteiger partial charge in [0.2, 0.25) is 11.8 Å². The molecule has 0 aliphatic rings. The molecule has 29 heavy (non-hydrogen) atoms. The molecule has 3 aromatic rings. The lowest BCUT2D eigenvalue weighted by atomic mass is 10.2. The van der Waals surface area contributed by atoms with Crippen LogP contribution in [0.3, 0.4) is 0 Å². The van der Waals surface area contributed by atoms with Gasteiger partial charge >= 0.3 is 6.18 Å². The summed E-state index contributed by atoms with van der Waals surface area (Å²) in [7, 11) is 0. The highest BCUT2D eigenvalue weighted by Gasteiger charge is 2.29. The molecule has 1 amide bonds. The summed E-state index contributed by atoms with van der Waals surface area (Å²) in [5.41, 5.74) is 1.30. The molecule has 0 saturated heterocycles. The number of rotatable bonds is 7. The number of carbonyl (C=O) groups is 1. The maximum atomic E-state index is 12.4. The summed E-state index contributed by atoms with van der Waals surface area (Å²) < 4.78 is 41.8. The molecule has 0 aliphatic carbocycles. The summed E-state index contributed by atoms with van der Waals surface area (Å²) in [5, 5.41) is 5.62. The summed E-state index contributed by atoms with van der Waals surface area (Å²) in [6, 6.07) is 11.4. The van der Waals surface area contributed by atoms with Gasteiger partial charge in [-0.1, -0.05) is 12.1 Å². The zero-order valence-corrected chi connectivity index (χ0v) is 15.0. The monoisotopic (exact) mass is 403 g/mol. The standard InChI is InChI=1S/C19H16F3N5O2/c20-19(21,22)12-29-17-14(5-2-7-23-17)11-26-16(28)13-4-1-6-15(10-13)27-18-24-8-3-9-25-18/h1-10H,11-12H2,(H,26,28)(H,24,25,27). The molecular weight excluding hydrogens is 387 g/mol.